The zero-order valence-electron chi connectivity index (χ0n) is 29.3. The van der Waals surface area contributed by atoms with E-state index in [-0.39, 0.29) is 0 Å². The Balaban J connectivity index is 1.38. The van der Waals surface area contributed by atoms with Crippen molar-refractivity contribution in [2.24, 2.45) is 0 Å². The lowest BCUT2D eigenvalue weighted by atomic mass is 10.1. The molecular weight excluding hydrogens is 685 g/mol. The van der Waals surface area contributed by atoms with Crippen LogP contribution in [0.25, 0.3) is 89.7 Å². The van der Waals surface area contributed by atoms with E-state index in [0.29, 0.717) is 45.9 Å². The van der Waals surface area contributed by atoms with Gasteiger partial charge in [-0.25, -0.2) is 29.9 Å². The van der Waals surface area contributed by atoms with Crippen LogP contribution in [0.15, 0.2) is 94.7 Å². The summed E-state index contributed by atoms with van der Waals surface area (Å²) in [4.78, 5) is 44.9. The van der Waals surface area contributed by atoms with E-state index >= 15 is 0 Å². The summed E-state index contributed by atoms with van der Waals surface area (Å²) in [5.41, 5.74) is 6.47. The molecule has 0 fully saturated rings. The maximum absolute atomic E-state index is 5.25. The van der Waals surface area contributed by atoms with Crippen molar-refractivity contribution < 1.29 is 0 Å². The van der Waals surface area contributed by atoms with Crippen LogP contribution in [-0.4, -0.2) is 102 Å². The summed E-state index contributed by atoms with van der Waals surface area (Å²) >= 11 is 3.75. The first-order chi connectivity index (χ1) is 25.4. The van der Waals surface area contributed by atoms with Gasteiger partial charge in [0.1, 0.15) is 22.6 Å². The quantitative estimate of drug-likeness (QED) is 0.149. The molecule has 2 aliphatic rings. The van der Waals surface area contributed by atoms with Crippen molar-refractivity contribution in [2.45, 2.75) is 9.79 Å². The van der Waals surface area contributed by atoms with Gasteiger partial charge in [0, 0.05) is 78.2 Å². The Kier molecular flexibility index (Phi) is 8.46. The zero-order valence-corrected chi connectivity index (χ0v) is 30.9. The van der Waals surface area contributed by atoms with Gasteiger partial charge < -0.3 is 19.8 Å². The average molecular weight is 721 g/mol. The number of fused-ring (bicyclic) bond motifs is 20. The van der Waals surface area contributed by atoms with E-state index in [4.69, 9.17) is 29.9 Å². The Morgan fingerprint density at radius 2 is 0.769 bits per heavy atom. The second-order valence-electron chi connectivity index (χ2n) is 13.4. The summed E-state index contributed by atoms with van der Waals surface area (Å²) in [6.07, 6.45) is 0. The molecule has 2 aliphatic heterocycles. The molecule has 9 rings (SSSR count). The first-order valence-corrected chi connectivity index (χ1v) is 19.2. The van der Waals surface area contributed by atoms with Gasteiger partial charge in [-0.3, -0.25) is 0 Å². The lowest BCUT2D eigenvalue weighted by Crippen LogP contribution is -2.15. The third-order valence-corrected chi connectivity index (χ3v) is 11.4. The summed E-state index contributed by atoms with van der Waals surface area (Å²) in [5, 5.41) is 3.88. The molecule has 10 nitrogen and oxygen atoms in total. The third-order valence-electron chi connectivity index (χ3n) is 9.21. The number of aromatic amines is 2. The van der Waals surface area contributed by atoms with Gasteiger partial charge in [-0.2, -0.15) is 0 Å². The third kappa shape index (κ3) is 6.01. The molecule has 5 heterocycles. The molecule has 12 heteroatoms. The fourth-order valence-electron chi connectivity index (χ4n) is 6.55. The van der Waals surface area contributed by atoms with Gasteiger partial charge in [-0.1, -0.05) is 72.8 Å². The van der Waals surface area contributed by atoms with Crippen LogP contribution < -0.4 is 0 Å². The smallest absolute Gasteiger partial charge is 0.164 e. The van der Waals surface area contributed by atoms with Crippen LogP contribution in [0.3, 0.4) is 0 Å². The lowest BCUT2D eigenvalue weighted by molar-refractivity contribution is 0.437. The summed E-state index contributed by atoms with van der Waals surface area (Å²) < 4.78 is 0. The average Bonchev–Trinajstić information content (AvgIpc) is 3.87. The Labute approximate surface area is 309 Å². The van der Waals surface area contributed by atoms with Crippen LogP contribution in [-0.2, 0) is 0 Å². The SMILES string of the molecule is CN(C)CCSc1cc2c3nc4nc(nc5[nH]c(nc6nc(nc([nH]3)c2cc1SCCN(C)C)-c1ccccc1-6)c1ccccc51)-c1ccccc1-4. The van der Waals surface area contributed by atoms with E-state index in [2.05, 4.69) is 96.5 Å². The number of nitrogens with one attached hydrogen (secondary N) is 2. The summed E-state index contributed by atoms with van der Waals surface area (Å²) in [6, 6.07) is 29.0. The molecule has 52 heavy (non-hydrogen) atoms. The number of hydrogen-bond donors (Lipinski definition) is 2. The Bertz CT molecular complexity index is 2500. The minimum absolute atomic E-state index is 0.597. The Morgan fingerprint density at radius 3 is 1.12 bits per heavy atom. The highest BCUT2D eigenvalue weighted by Gasteiger charge is 2.22. The summed E-state index contributed by atoms with van der Waals surface area (Å²) in [6.45, 7) is 1.96. The number of rotatable bonds is 8. The Morgan fingerprint density at radius 1 is 0.442 bits per heavy atom. The maximum Gasteiger partial charge on any atom is 0.164 e. The molecule has 7 aromatic rings. The minimum Gasteiger partial charge on any atom is -0.324 e. The first kappa shape index (κ1) is 32.7. The number of hydrogen-bond acceptors (Lipinski definition) is 10. The standard InChI is InChI=1S/C40H36N10S2/c1-49(2)17-19-51-31-21-29-30(22-32(31)52-20-18-50(3)4)40-47-38-28-16-10-8-14-26(28)36(45-38)43-34-24-12-6-5-11-23(24)33(41-34)42-35-25-13-7-9-15-27(25)37(44-35)46-39(29)48-40/h5-16,21-22H,17-20H2,1-4H3,(H2,41,42,43,44,45,46,47,48). The van der Waals surface area contributed by atoms with Crippen LogP contribution in [0.4, 0.5) is 0 Å². The van der Waals surface area contributed by atoms with Gasteiger partial charge in [0.2, 0.25) is 0 Å². The molecular formula is C40H36N10S2. The van der Waals surface area contributed by atoms with Gasteiger partial charge in [0.15, 0.2) is 23.3 Å². The fourth-order valence-corrected chi connectivity index (χ4v) is 9.06. The molecule has 8 bridgehead atoms. The fraction of sp³-hybridized carbons (Fsp3) is 0.200. The van der Waals surface area contributed by atoms with Crippen LogP contribution >= 0.6 is 23.5 Å². The number of benzene rings is 4. The van der Waals surface area contributed by atoms with Crippen molar-refractivity contribution >= 4 is 67.7 Å². The zero-order chi connectivity index (χ0) is 35.3. The van der Waals surface area contributed by atoms with Gasteiger partial charge in [0.25, 0.3) is 0 Å². The van der Waals surface area contributed by atoms with Gasteiger partial charge in [0.05, 0.1) is 0 Å². The topological polar surface area (TPSA) is 115 Å². The van der Waals surface area contributed by atoms with Crippen molar-refractivity contribution in [1.82, 2.24) is 49.7 Å². The highest BCUT2D eigenvalue weighted by Crippen LogP contribution is 2.40. The first-order valence-electron chi connectivity index (χ1n) is 17.2. The molecule has 0 atom stereocenters. The van der Waals surface area contributed by atoms with Crippen LogP contribution in [0.5, 0.6) is 0 Å². The highest BCUT2D eigenvalue weighted by molar-refractivity contribution is 8.02. The molecule has 0 unspecified atom stereocenters. The van der Waals surface area contributed by atoms with Crippen LogP contribution in [0.2, 0.25) is 0 Å². The Hall–Kier alpha value is -5.14. The molecule has 0 saturated heterocycles. The summed E-state index contributed by atoms with van der Waals surface area (Å²) in [5.74, 6) is 4.33. The van der Waals surface area contributed by atoms with Crippen molar-refractivity contribution in [1.29, 1.82) is 0 Å². The normalized spacial score (nSPS) is 12.3. The number of nitrogens with zero attached hydrogens (tertiary/aromatic N) is 8. The number of thioether (sulfide) groups is 2. The maximum atomic E-state index is 5.25. The van der Waals surface area contributed by atoms with Gasteiger partial charge in [-0.15, -0.1) is 23.5 Å². The predicted octanol–water partition coefficient (Wildman–Crippen LogP) is 8.18. The molecule has 0 amide bonds. The van der Waals surface area contributed by atoms with Gasteiger partial charge >= 0.3 is 0 Å². The number of aromatic nitrogens is 8. The molecule has 0 aliphatic carbocycles. The molecule has 0 saturated carbocycles. The minimum atomic E-state index is 0.597. The second kappa shape index (κ2) is 13.4. The van der Waals surface area contributed by atoms with Crippen molar-refractivity contribution in [3.63, 3.8) is 0 Å². The van der Waals surface area contributed by atoms with E-state index in [9.17, 15) is 0 Å². The molecule has 4 aromatic carbocycles. The van der Waals surface area contributed by atoms with Crippen molar-refractivity contribution in [3.8, 4) is 45.6 Å². The van der Waals surface area contributed by atoms with E-state index in [1.54, 1.807) is 0 Å². The predicted molar refractivity (Wildman–Crippen MR) is 215 cm³/mol. The molecule has 0 radical (unpaired) electrons. The highest BCUT2D eigenvalue weighted by atomic mass is 32.2. The molecule has 258 valence electrons. The van der Waals surface area contributed by atoms with Crippen molar-refractivity contribution in [2.75, 3.05) is 52.8 Å². The molecule has 2 N–H and O–H groups in total. The van der Waals surface area contributed by atoms with Crippen molar-refractivity contribution in [3.05, 3.63) is 84.9 Å². The van der Waals surface area contributed by atoms with Crippen LogP contribution in [0, 0.1) is 0 Å². The van der Waals surface area contributed by atoms with E-state index in [1.165, 1.54) is 9.79 Å². The lowest BCUT2D eigenvalue weighted by Gasteiger charge is -2.13. The second-order valence-corrected chi connectivity index (χ2v) is 15.7. The van der Waals surface area contributed by atoms with Gasteiger partial charge in [-0.05, 0) is 40.3 Å². The summed E-state index contributed by atoms with van der Waals surface area (Å²) in [7, 11) is 8.46. The van der Waals surface area contributed by atoms with Crippen LogP contribution in [0.1, 0.15) is 0 Å². The van der Waals surface area contributed by atoms with E-state index in [0.717, 1.165) is 68.4 Å². The molecule has 3 aromatic heterocycles. The largest absolute Gasteiger partial charge is 0.324 e. The van der Waals surface area contributed by atoms with E-state index in [1.807, 2.05) is 59.9 Å². The van der Waals surface area contributed by atoms with E-state index < -0.39 is 0 Å². The number of H-pyrrole nitrogens is 2. The monoisotopic (exact) mass is 720 g/mol. The molecule has 0 spiro atoms.